The first-order valence-corrected chi connectivity index (χ1v) is 7.57. The highest BCUT2D eigenvalue weighted by molar-refractivity contribution is 5.39. The minimum atomic E-state index is -4.38. The van der Waals surface area contributed by atoms with Crippen LogP contribution >= 0.6 is 0 Å². The monoisotopic (exact) mass is 301 g/mol. The molecular weight excluding hydrogens is 279 g/mol. The summed E-state index contributed by atoms with van der Waals surface area (Å²) < 4.78 is 44.7. The van der Waals surface area contributed by atoms with Crippen LogP contribution < -0.4 is 10.1 Å². The Morgan fingerprint density at radius 2 is 2.00 bits per heavy atom. The molecule has 0 bridgehead atoms. The van der Waals surface area contributed by atoms with E-state index in [1.165, 1.54) is 12.1 Å². The van der Waals surface area contributed by atoms with E-state index >= 15 is 0 Å². The fraction of sp³-hybridized carbons (Fsp3) is 0.625. The van der Waals surface area contributed by atoms with Crippen LogP contribution in [0.3, 0.4) is 0 Å². The van der Waals surface area contributed by atoms with Gasteiger partial charge in [-0.1, -0.05) is 25.8 Å². The molecule has 0 aromatic heterocycles. The quantitative estimate of drug-likeness (QED) is 0.712. The normalized spacial score (nSPS) is 15.2. The summed E-state index contributed by atoms with van der Waals surface area (Å²) in [5.74, 6) is -0.0613. The van der Waals surface area contributed by atoms with Crippen LogP contribution in [0.1, 0.15) is 50.2 Å². The van der Waals surface area contributed by atoms with Gasteiger partial charge in [-0.25, -0.2) is 0 Å². The van der Waals surface area contributed by atoms with Crippen LogP contribution in [0.15, 0.2) is 18.2 Å². The lowest BCUT2D eigenvalue weighted by Crippen LogP contribution is -2.16. The van der Waals surface area contributed by atoms with Gasteiger partial charge in [0.25, 0.3) is 0 Å². The molecule has 0 spiro atoms. The van der Waals surface area contributed by atoms with Crippen molar-refractivity contribution in [1.29, 1.82) is 0 Å². The van der Waals surface area contributed by atoms with E-state index in [1.54, 1.807) is 6.07 Å². The van der Waals surface area contributed by atoms with Gasteiger partial charge in [0.1, 0.15) is 5.75 Å². The third-order valence-corrected chi connectivity index (χ3v) is 3.53. The minimum Gasteiger partial charge on any atom is -0.493 e. The lowest BCUT2D eigenvalue weighted by Gasteiger charge is -2.15. The van der Waals surface area contributed by atoms with Crippen molar-refractivity contribution < 1.29 is 17.9 Å². The van der Waals surface area contributed by atoms with Gasteiger partial charge in [0, 0.05) is 12.6 Å². The fourth-order valence-electron chi connectivity index (χ4n) is 2.12. The van der Waals surface area contributed by atoms with Gasteiger partial charge in [0.15, 0.2) is 0 Å². The van der Waals surface area contributed by atoms with Gasteiger partial charge in [0.05, 0.1) is 12.2 Å². The number of rotatable bonds is 8. The maximum atomic E-state index is 13.1. The van der Waals surface area contributed by atoms with E-state index in [0.717, 1.165) is 32.1 Å². The van der Waals surface area contributed by atoms with E-state index < -0.39 is 11.7 Å². The highest BCUT2D eigenvalue weighted by Gasteiger charge is 2.34. The van der Waals surface area contributed by atoms with E-state index in [-0.39, 0.29) is 5.75 Å². The molecule has 1 aliphatic carbocycles. The smallest absolute Gasteiger partial charge is 0.419 e. The first-order valence-electron chi connectivity index (χ1n) is 7.57. The maximum absolute atomic E-state index is 13.1. The number of hydrogen-bond acceptors (Lipinski definition) is 2. The molecule has 0 saturated heterocycles. The molecule has 5 heteroatoms. The number of benzene rings is 1. The summed E-state index contributed by atoms with van der Waals surface area (Å²) in [6.45, 7) is 2.85. The summed E-state index contributed by atoms with van der Waals surface area (Å²) in [5.41, 5.74) is -0.0239. The van der Waals surface area contributed by atoms with Crippen molar-refractivity contribution in [2.24, 2.45) is 0 Å². The molecule has 1 aromatic carbocycles. The van der Waals surface area contributed by atoms with E-state index in [2.05, 4.69) is 5.32 Å². The number of halogens is 3. The zero-order valence-electron chi connectivity index (χ0n) is 12.3. The highest BCUT2D eigenvalue weighted by Crippen LogP contribution is 2.37. The molecule has 0 unspecified atom stereocenters. The van der Waals surface area contributed by atoms with Crippen LogP contribution in [0.5, 0.6) is 5.75 Å². The SMILES string of the molecule is CCCCCOc1ccc(CNC2CC2)cc1C(F)(F)F. The molecule has 1 aliphatic rings. The minimum absolute atomic E-state index is 0.0613. The fourth-order valence-corrected chi connectivity index (χ4v) is 2.12. The Labute approximate surface area is 123 Å². The first-order chi connectivity index (χ1) is 10.0. The van der Waals surface area contributed by atoms with Crippen molar-refractivity contribution in [3.05, 3.63) is 29.3 Å². The molecule has 1 fully saturated rings. The number of hydrogen-bond donors (Lipinski definition) is 1. The second-order valence-corrected chi connectivity index (χ2v) is 5.54. The standard InChI is InChI=1S/C16H22F3NO/c1-2-3-4-9-21-15-8-5-12(11-20-13-6-7-13)10-14(15)16(17,18)19/h5,8,10,13,20H,2-4,6-7,9,11H2,1H3. The molecule has 0 atom stereocenters. The summed E-state index contributed by atoms with van der Waals surface area (Å²) in [6.07, 6.45) is 0.607. The summed E-state index contributed by atoms with van der Waals surface area (Å²) in [4.78, 5) is 0. The van der Waals surface area contributed by atoms with Crippen molar-refractivity contribution in [2.45, 2.75) is 57.8 Å². The van der Waals surface area contributed by atoms with Crippen molar-refractivity contribution >= 4 is 0 Å². The molecule has 1 N–H and O–H groups in total. The average Bonchev–Trinajstić information content (AvgIpc) is 3.25. The number of nitrogens with one attached hydrogen (secondary N) is 1. The predicted molar refractivity (Wildman–Crippen MR) is 76.3 cm³/mol. The molecule has 0 radical (unpaired) electrons. The van der Waals surface area contributed by atoms with Crippen LogP contribution in [-0.4, -0.2) is 12.6 Å². The average molecular weight is 301 g/mol. The van der Waals surface area contributed by atoms with Crippen LogP contribution in [0.4, 0.5) is 13.2 Å². The zero-order valence-corrected chi connectivity index (χ0v) is 12.3. The Bertz CT molecular complexity index is 455. The summed E-state index contributed by atoms with van der Waals surface area (Å²) in [7, 11) is 0. The molecule has 1 saturated carbocycles. The first kappa shape index (κ1) is 16.1. The molecule has 2 nitrogen and oxygen atoms in total. The Morgan fingerprint density at radius 1 is 1.24 bits per heavy atom. The Morgan fingerprint density at radius 3 is 2.62 bits per heavy atom. The maximum Gasteiger partial charge on any atom is 0.419 e. The second-order valence-electron chi connectivity index (χ2n) is 5.54. The van der Waals surface area contributed by atoms with Crippen LogP contribution in [0.2, 0.25) is 0 Å². The number of ether oxygens (including phenoxy) is 1. The van der Waals surface area contributed by atoms with E-state index in [0.29, 0.717) is 24.8 Å². The van der Waals surface area contributed by atoms with Crippen molar-refractivity contribution in [3.8, 4) is 5.75 Å². The van der Waals surface area contributed by atoms with Gasteiger partial charge in [0.2, 0.25) is 0 Å². The summed E-state index contributed by atoms with van der Waals surface area (Å²) >= 11 is 0. The van der Waals surface area contributed by atoms with Gasteiger partial charge < -0.3 is 10.1 Å². The third-order valence-electron chi connectivity index (χ3n) is 3.53. The third kappa shape index (κ3) is 5.23. The number of unbranched alkanes of at least 4 members (excludes halogenated alkanes) is 2. The molecule has 2 rings (SSSR count). The molecular formula is C16H22F3NO. The molecule has 1 aromatic rings. The van der Waals surface area contributed by atoms with Crippen LogP contribution in [0.25, 0.3) is 0 Å². The molecule has 0 heterocycles. The highest BCUT2D eigenvalue weighted by atomic mass is 19.4. The summed E-state index contributed by atoms with van der Waals surface area (Å²) in [6, 6.07) is 4.83. The molecule has 21 heavy (non-hydrogen) atoms. The molecule has 118 valence electrons. The van der Waals surface area contributed by atoms with Gasteiger partial charge in [-0.15, -0.1) is 0 Å². The van der Waals surface area contributed by atoms with Crippen LogP contribution in [0, 0.1) is 0 Å². The molecule has 0 aliphatic heterocycles. The predicted octanol–water partition coefficient (Wildman–Crippen LogP) is 4.53. The van der Waals surface area contributed by atoms with Gasteiger partial charge in [-0.3, -0.25) is 0 Å². The lowest BCUT2D eigenvalue weighted by molar-refractivity contribution is -0.139. The largest absolute Gasteiger partial charge is 0.493 e. The Balaban J connectivity index is 2.03. The van der Waals surface area contributed by atoms with Crippen molar-refractivity contribution in [3.63, 3.8) is 0 Å². The number of alkyl halides is 3. The Hall–Kier alpha value is -1.23. The second kappa shape index (κ2) is 7.16. The van der Waals surface area contributed by atoms with Crippen LogP contribution in [-0.2, 0) is 12.7 Å². The lowest BCUT2D eigenvalue weighted by atomic mass is 10.1. The van der Waals surface area contributed by atoms with E-state index in [9.17, 15) is 13.2 Å². The zero-order chi connectivity index (χ0) is 15.3. The van der Waals surface area contributed by atoms with Gasteiger partial charge in [-0.2, -0.15) is 13.2 Å². The van der Waals surface area contributed by atoms with Gasteiger partial charge >= 0.3 is 6.18 Å². The van der Waals surface area contributed by atoms with E-state index in [1.807, 2.05) is 6.92 Å². The topological polar surface area (TPSA) is 21.3 Å². The molecule has 0 amide bonds. The van der Waals surface area contributed by atoms with Crippen molar-refractivity contribution in [2.75, 3.05) is 6.61 Å². The van der Waals surface area contributed by atoms with Crippen molar-refractivity contribution in [1.82, 2.24) is 5.32 Å². The summed E-state index contributed by atoms with van der Waals surface area (Å²) in [5, 5.41) is 3.22. The van der Waals surface area contributed by atoms with E-state index in [4.69, 9.17) is 4.74 Å². The Kier molecular flexibility index (Phi) is 5.51. The van der Waals surface area contributed by atoms with Gasteiger partial charge in [-0.05, 0) is 37.0 Å².